The Bertz CT molecular complexity index is 1850. The molecule has 3 aliphatic rings. The van der Waals surface area contributed by atoms with Gasteiger partial charge in [0.15, 0.2) is 0 Å². The Morgan fingerprint density at radius 2 is 1.84 bits per heavy atom. The molecule has 2 aromatic carbocycles. The van der Waals surface area contributed by atoms with E-state index in [1.54, 1.807) is 21.8 Å². The fourth-order valence-electron chi connectivity index (χ4n) is 6.72. The standard InChI is InChI=1S/C37H42N8O4/c1-3-26(24-42-17-19-49-20-18-42)34(46)38-22-25-9-8-10-27(21-25)32-30-23-39-45(29-11-6-5-7-12-29)36(30)43(4-2)37(48)33(32)40-35(47)31-15-16-44(41-31)28-13-14-28/h3,5-12,15-16,21,23,28,32-33H,4,13-14,17-20,22,24H2,1-2H3,(H,38,46)(H,40,47)/b26-3+/t32-,33+/m1/s1. The molecule has 12 heteroatoms. The molecule has 3 amide bonds. The first kappa shape index (κ1) is 32.5. The molecule has 0 spiro atoms. The maximum Gasteiger partial charge on any atom is 0.272 e. The summed E-state index contributed by atoms with van der Waals surface area (Å²) in [4.78, 5) is 45.2. The van der Waals surface area contributed by atoms with Gasteiger partial charge < -0.3 is 15.4 Å². The molecule has 0 unspecified atom stereocenters. The number of allylic oxidation sites excluding steroid dienone is 1. The molecule has 0 radical (unpaired) electrons. The molecule has 2 fully saturated rings. The first-order chi connectivity index (χ1) is 23.9. The summed E-state index contributed by atoms with van der Waals surface area (Å²) in [5.41, 5.74) is 4.35. The molecule has 2 aromatic heterocycles. The minimum absolute atomic E-state index is 0.118. The Labute approximate surface area is 285 Å². The van der Waals surface area contributed by atoms with Crippen LogP contribution < -0.4 is 15.5 Å². The smallest absolute Gasteiger partial charge is 0.272 e. The largest absolute Gasteiger partial charge is 0.379 e. The van der Waals surface area contributed by atoms with Crippen LogP contribution in [0.4, 0.5) is 5.82 Å². The second-order valence-electron chi connectivity index (χ2n) is 12.7. The topological polar surface area (TPSA) is 127 Å². The first-order valence-electron chi connectivity index (χ1n) is 17.1. The number of carbonyl (C=O) groups excluding carboxylic acids is 3. The molecular formula is C37H42N8O4. The maximum atomic E-state index is 14.4. The van der Waals surface area contributed by atoms with Crippen molar-refractivity contribution < 1.29 is 19.1 Å². The number of rotatable bonds is 11. The highest BCUT2D eigenvalue weighted by Crippen LogP contribution is 2.41. The molecule has 7 rings (SSSR count). The number of nitrogens with zero attached hydrogens (tertiary/aromatic N) is 6. The zero-order valence-electron chi connectivity index (χ0n) is 27.9. The van der Waals surface area contributed by atoms with Crippen LogP contribution in [0, 0.1) is 0 Å². The molecule has 254 valence electrons. The molecular weight excluding hydrogens is 620 g/mol. The summed E-state index contributed by atoms with van der Waals surface area (Å²) in [6, 6.07) is 18.7. The number of morpholine rings is 1. The fourth-order valence-corrected chi connectivity index (χ4v) is 6.72. The third-order valence-corrected chi connectivity index (χ3v) is 9.49. The number of para-hydroxylation sites is 1. The number of amides is 3. The molecule has 1 aliphatic carbocycles. The second-order valence-corrected chi connectivity index (χ2v) is 12.7. The summed E-state index contributed by atoms with van der Waals surface area (Å²) in [6.07, 6.45) is 7.58. The van der Waals surface area contributed by atoms with Crippen molar-refractivity contribution in [1.29, 1.82) is 0 Å². The minimum atomic E-state index is -0.910. The average molecular weight is 663 g/mol. The lowest BCUT2D eigenvalue weighted by atomic mass is 9.82. The molecule has 1 saturated carbocycles. The lowest BCUT2D eigenvalue weighted by Crippen LogP contribution is -2.55. The number of hydrogen-bond acceptors (Lipinski definition) is 7. The van der Waals surface area contributed by atoms with Gasteiger partial charge in [0, 0.05) is 56.0 Å². The molecule has 49 heavy (non-hydrogen) atoms. The van der Waals surface area contributed by atoms with Gasteiger partial charge in [0.2, 0.25) is 5.91 Å². The zero-order chi connectivity index (χ0) is 33.9. The summed E-state index contributed by atoms with van der Waals surface area (Å²) in [7, 11) is 0. The number of fused-ring (bicyclic) bond motifs is 1. The van der Waals surface area contributed by atoms with Crippen LogP contribution in [0.3, 0.4) is 0 Å². The van der Waals surface area contributed by atoms with Crippen molar-refractivity contribution in [2.45, 2.75) is 51.2 Å². The average Bonchev–Trinajstić information content (AvgIpc) is 3.70. The number of carbonyl (C=O) groups is 3. The molecule has 4 aromatic rings. The maximum absolute atomic E-state index is 14.4. The molecule has 4 heterocycles. The molecule has 12 nitrogen and oxygen atoms in total. The third-order valence-electron chi connectivity index (χ3n) is 9.49. The van der Waals surface area contributed by atoms with E-state index in [4.69, 9.17) is 9.84 Å². The van der Waals surface area contributed by atoms with Gasteiger partial charge in [0.25, 0.3) is 11.8 Å². The second kappa shape index (κ2) is 14.2. The van der Waals surface area contributed by atoms with Crippen molar-refractivity contribution >= 4 is 23.5 Å². The monoisotopic (exact) mass is 662 g/mol. The van der Waals surface area contributed by atoms with Crippen LogP contribution in [0.1, 0.15) is 65.8 Å². The van der Waals surface area contributed by atoms with Gasteiger partial charge in [0.05, 0.1) is 31.1 Å². The van der Waals surface area contributed by atoms with Crippen LogP contribution in [0.15, 0.2) is 84.7 Å². The Kier molecular flexibility index (Phi) is 9.41. The summed E-state index contributed by atoms with van der Waals surface area (Å²) < 4.78 is 9.07. The molecule has 2 atom stereocenters. The van der Waals surface area contributed by atoms with Gasteiger partial charge >= 0.3 is 0 Å². The number of nitrogens with one attached hydrogen (secondary N) is 2. The number of likely N-dealkylation sites (N-methyl/N-ethyl adjacent to an activating group) is 1. The van der Waals surface area contributed by atoms with Gasteiger partial charge in [-0.1, -0.05) is 48.5 Å². The van der Waals surface area contributed by atoms with Crippen LogP contribution in [0.5, 0.6) is 0 Å². The predicted octanol–water partition coefficient (Wildman–Crippen LogP) is 3.60. The summed E-state index contributed by atoms with van der Waals surface area (Å²) in [6.45, 7) is 8.00. The lowest BCUT2D eigenvalue weighted by molar-refractivity contribution is -0.121. The number of hydrogen-bond donors (Lipinski definition) is 2. The minimum Gasteiger partial charge on any atom is -0.379 e. The number of anilines is 1. The summed E-state index contributed by atoms with van der Waals surface area (Å²) in [5.74, 6) is -0.618. The SMILES string of the molecule is C/C=C(\CN1CCOCC1)C(=O)NCc1cccc([C@@H]2c3cnn(-c4ccccc4)c3N(CC)C(=O)[C@H]2NC(=O)c2ccn(C3CC3)n2)c1. The number of aromatic nitrogens is 4. The quantitative estimate of drug-likeness (QED) is 0.235. The zero-order valence-corrected chi connectivity index (χ0v) is 27.9. The third kappa shape index (κ3) is 6.79. The van der Waals surface area contributed by atoms with Crippen molar-refractivity contribution in [1.82, 2.24) is 35.1 Å². The number of ether oxygens (including phenoxy) is 1. The molecule has 2 N–H and O–H groups in total. The van der Waals surface area contributed by atoms with E-state index in [2.05, 4.69) is 20.6 Å². The van der Waals surface area contributed by atoms with E-state index in [9.17, 15) is 14.4 Å². The van der Waals surface area contributed by atoms with E-state index in [0.717, 1.165) is 48.3 Å². The highest BCUT2D eigenvalue weighted by molar-refractivity contribution is 6.04. The fraction of sp³-hybridized carbons (Fsp3) is 0.378. The highest BCUT2D eigenvalue weighted by Gasteiger charge is 2.44. The Balaban J connectivity index is 1.19. The predicted molar refractivity (Wildman–Crippen MR) is 184 cm³/mol. The van der Waals surface area contributed by atoms with Gasteiger partial charge in [-0.2, -0.15) is 10.2 Å². The van der Waals surface area contributed by atoms with E-state index < -0.39 is 17.9 Å². The van der Waals surface area contributed by atoms with Crippen molar-refractivity contribution in [3.63, 3.8) is 0 Å². The Morgan fingerprint density at radius 3 is 2.57 bits per heavy atom. The van der Waals surface area contributed by atoms with E-state index in [0.29, 0.717) is 50.3 Å². The Morgan fingerprint density at radius 1 is 1.04 bits per heavy atom. The molecule has 1 saturated heterocycles. The van der Waals surface area contributed by atoms with Crippen LogP contribution >= 0.6 is 0 Å². The van der Waals surface area contributed by atoms with E-state index in [1.165, 1.54) is 0 Å². The van der Waals surface area contributed by atoms with Crippen molar-refractivity contribution in [2.75, 3.05) is 44.3 Å². The summed E-state index contributed by atoms with van der Waals surface area (Å²) in [5, 5.41) is 15.4. The lowest BCUT2D eigenvalue weighted by Gasteiger charge is -2.38. The van der Waals surface area contributed by atoms with Gasteiger partial charge in [-0.15, -0.1) is 0 Å². The van der Waals surface area contributed by atoms with Crippen LogP contribution in [0.2, 0.25) is 0 Å². The van der Waals surface area contributed by atoms with Crippen LogP contribution in [-0.2, 0) is 20.9 Å². The van der Waals surface area contributed by atoms with E-state index in [-0.39, 0.29) is 17.5 Å². The van der Waals surface area contributed by atoms with Gasteiger partial charge in [0.1, 0.15) is 17.6 Å². The van der Waals surface area contributed by atoms with Crippen molar-refractivity contribution in [3.05, 3.63) is 107 Å². The molecule has 2 aliphatic heterocycles. The Hall–Kier alpha value is -5.07. The normalized spacial score (nSPS) is 19.8. The summed E-state index contributed by atoms with van der Waals surface area (Å²) >= 11 is 0. The van der Waals surface area contributed by atoms with Crippen molar-refractivity contribution in [3.8, 4) is 5.69 Å². The van der Waals surface area contributed by atoms with Crippen molar-refractivity contribution in [2.24, 2.45) is 0 Å². The van der Waals surface area contributed by atoms with Crippen LogP contribution in [-0.4, -0.2) is 87.6 Å². The van der Waals surface area contributed by atoms with Gasteiger partial charge in [-0.25, -0.2) is 4.68 Å². The highest BCUT2D eigenvalue weighted by atomic mass is 16.5. The first-order valence-corrected chi connectivity index (χ1v) is 17.1. The van der Waals surface area contributed by atoms with Crippen LogP contribution in [0.25, 0.3) is 5.69 Å². The van der Waals surface area contributed by atoms with E-state index in [1.807, 2.05) is 85.4 Å². The molecule has 0 bridgehead atoms. The van der Waals surface area contributed by atoms with Gasteiger partial charge in [-0.05, 0) is 56.0 Å². The van der Waals surface area contributed by atoms with E-state index >= 15 is 0 Å². The van der Waals surface area contributed by atoms with Gasteiger partial charge in [-0.3, -0.25) is 28.9 Å². The number of benzene rings is 2.